The van der Waals surface area contributed by atoms with Crippen molar-refractivity contribution in [3.8, 4) is 0 Å². The minimum absolute atomic E-state index is 0.270. The summed E-state index contributed by atoms with van der Waals surface area (Å²) in [6.45, 7) is 0. The highest BCUT2D eigenvalue weighted by atomic mass is 35.5. The van der Waals surface area contributed by atoms with Crippen molar-refractivity contribution in [3.05, 3.63) is 58.8 Å². The number of fused-ring (bicyclic) bond motifs is 1. The first-order valence-electron chi connectivity index (χ1n) is 6.80. The molecule has 120 valence electrons. The van der Waals surface area contributed by atoms with E-state index >= 15 is 0 Å². The molecule has 2 aromatic carbocycles. The van der Waals surface area contributed by atoms with Crippen molar-refractivity contribution < 1.29 is 9.59 Å². The average molecular weight is 361 g/mol. The van der Waals surface area contributed by atoms with Crippen molar-refractivity contribution >= 4 is 58.1 Å². The summed E-state index contributed by atoms with van der Waals surface area (Å²) < 4.78 is 0. The Hall–Kier alpha value is -2.70. The number of nitrogens with one attached hydrogen (secondary N) is 1. The van der Waals surface area contributed by atoms with Gasteiger partial charge in [-0.1, -0.05) is 23.2 Å². The highest BCUT2D eigenvalue weighted by Gasteiger charge is 2.17. The highest BCUT2D eigenvalue weighted by molar-refractivity contribution is 6.36. The lowest BCUT2D eigenvalue weighted by Gasteiger charge is -2.17. The lowest BCUT2D eigenvalue weighted by molar-refractivity contribution is -0.106. The van der Waals surface area contributed by atoms with Crippen LogP contribution in [0.2, 0.25) is 10.0 Å². The number of aromatic nitrogens is 2. The quantitative estimate of drug-likeness (QED) is 0.712. The third kappa shape index (κ3) is 3.29. The number of imide groups is 1. The van der Waals surface area contributed by atoms with E-state index in [0.717, 1.165) is 4.90 Å². The molecule has 24 heavy (non-hydrogen) atoms. The van der Waals surface area contributed by atoms with Gasteiger partial charge in [0.05, 0.1) is 27.4 Å². The lowest BCUT2D eigenvalue weighted by Crippen LogP contribution is -2.33. The molecule has 0 radical (unpaired) electrons. The zero-order chi connectivity index (χ0) is 17.1. The Bertz CT molecular complexity index is 933. The van der Waals surface area contributed by atoms with E-state index in [9.17, 15) is 9.59 Å². The topological polar surface area (TPSA) is 75.2 Å². The molecule has 0 aliphatic rings. The van der Waals surface area contributed by atoms with Crippen LogP contribution in [-0.2, 0) is 4.79 Å². The number of carbonyl (C=O) groups is 2. The molecule has 0 aliphatic heterocycles. The van der Waals surface area contributed by atoms with Crippen LogP contribution in [0.5, 0.6) is 0 Å². The predicted octanol–water partition coefficient (Wildman–Crippen LogP) is 4.13. The van der Waals surface area contributed by atoms with Crippen LogP contribution in [0.3, 0.4) is 0 Å². The maximum absolute atomic E-state index is 12.4. The van der Waals surface area contributed by atoms with Gasteiger partial charge in [0.2, 0.25) is 6.41 Å². The van der Waals surface area contributed by atoms with Crippen LogP contribution >= 0.6 is 23.2 Å². The third-order valence-corrected chi connectivity index (χ3v) is 3.78. The molecular formula is C16H10Cl2N4O2. The van der Waals surface area contributed by atoms with Gasteiger partial charge in [-0.05, 0) is 36.4 Å². The molecule has 0 saturated carbocycles. The minimum Gasteiger partial charge on any atom is -0.306 e. The van der Waals surface area contributed by atoms with E-state index in [1.807, 2.05) is 0 Å². The van der Waals surface area contributed by atoms with Crippen molar-refractivity contribution in [1.29, 1.82) is 0 Å². The maximum Gasteiger partial charge on any atom is 0.333 e. The molecule has 1 heterocycles. The largest absolute Gasteiger partial charge is 0.333 e. The molecule has 0 atom stereocenters. The predicted molar refractivity (Wildman–Crippen MR) is 93.6 cm³/mol. The van der Waals surface area contributed by atoms with Gasteiger partial charge in [0.15, 0.2) is 0 Å². The van der Waals surface area contributed by atoms with Crippen molar-refractivity contribution in [3.63, 3.8) is 0 Å². The van der Waals surface area contributed by atoms with Gasteiger partial charge in [-0.3, -0.25) is 14.8 Å². The molecule has 0 bridgehead atoms. The third-order valence-electron chi connectivity index (χ3n) is 3.23. The molecule has 1 aromatic heterocycles. The van der Waals surface area contributed by atoms with Crippen molar-refractivity contribution in [1.82, 2.24) is 9.97 Å². The van der Waals surface area contributed by atoms with Gasteiger partial charge >= 0.3 is 6.03 Å². The van der Waals surface area contributed by atoms with Crippen molar-refractivity contribution in [2.24, 2.45) is 0 Å². The fraction of sp³-hybridized carbons (Fsp3) is 0. The standard InChI is InChI=1S/C16H10Cl2N4O2/c17-10-1-3-13(12(18)7-10)21-16(24)22(9-23)11-2-4-14-15(8-11)20-6-5-19-14/h1-9H,(H,21,24). The first kappa shape index (κ1) is 16.2. The summed E-state index contributed by atoms with van der Waals surface area (Å²) in [5, 5.41) is 3.28. The van der Waals surface area contributed by atoms with Crippen LogP contribution in [-0.4, -0.2) is 22.4 Å². The lowest BCUT2D eigenvalue weighted by atomic mass is 10.2. The van der Waals surface area contributed by atoms with E-state index in [1.165, 1.54) is 12.3 Å². The number of benzene rings is 2. The number of rotatable bonds is 3. The molecule has 0 spiro atoms. The first-order valence-corrected chi connectivity index (χ1v) is 7.55. The second-order valence-electron chi connectivity index (χ2n) is 4.76. The number of hydrogen-bond donors (Lipinski definition) is 1. The maximum atomic E-state index is 12.4. The monoisotopic (exact) mass is 360 g/mol. The van der Waals surface area contributed by atoms with Crippen LogP contribution in [0.4, 0.5) is 16.2 Å². The summed E-state index contributed by atoms with van der Waals surface area (Å²) in [6.07, 6.45) is 3.51. The average Bonchev–Trinajstić information content (AvgIpc) is 2.58. The summed E-state index contributed by atoms with van der Waals surface area (Å²) in [5.74, 6) is 0. The fourth-order valence-electron chi connectivity index (χ4n) is 2.09. The van der Waals surface area contributed by atoms with E-state index in [-0.39, 0.29) is 5.02 Å². The molecule has 6 nitrogen and oxygen atoms in total. The fourth-order valence-corrected chi connectivity index (χ4v) is 2.55. The molecule has 0 fully saturated rings. The van der Waals surface area contributed by atoms with Gasteiger partial charge < -0.3 is 5.32 Å². The Balaban J connectivity index is 1.89. The second kappa shape index (κ2) is 6.82. The summed E-state index contributed by atoms with van der Waals surface area (Å²) >= 11 is 11.8. The van der Waals surface area contributed by atoms with Crippen molar-refractivity contribution in [2.45, 2.75) is 0 Å². The minimum atomic E-state index is -0.655. The number of nitrogens with zero attached hydrogens (tertiary/aromatic N) is 3. The SMILES string of the molecule is O=CN(C(=O)Nc1ccc(Cl)cc1Cl)c1ccc2nccnc2c1. The number of carbonyl (C=O) groups excluding carboxylic acids is 2. The molecule has 1 N–H and O–H groups in total. The van der Waals surface area contributed by atoms with E-state index in [1.54, 1.807) is 36.5 Å². The molecule has 8 heteroatoms. The number of urea groups is 1. The Labute approximate surface area is 147 Å². The number of hydrogen-bond acceptors (Lipinski definition) is 4. The molecule has 0 unspecified atom stereocenters. The summed E-state index contributed by atoms with van der Waals surface area (Å²) in [7, 11) is 0. The van der Waals surface area contributed by atoms with Crippen LogP contribution in [0.15, 0.2) is 48.8 Å². The van der Waals surface area contributed by atoms with Gasteiger partial charge in [0.1, 0.15) is 0 Å². The zero-order valence-corrected chi connectivity index (χ0v) is 13.6. The van der Waals surface area contributed by atoms with Crippen LogP contribution in [0.1, 0.15) is 0 Å². The van der Waals surface area contributed by atoms with E-state index in [2.05, 4.69) is 15.3 Å². The molecule has 0 saturated heterocycles. The Morgan fingerprint density at radius 3 is 2.50 bits per heavy atom. The van der Waals surface area contributed by atoms with Gasteiger partial charge in [-0.25, -0.2) is 9.69 Å². The van der Waals surface area contributed by atoms with Gasteiger partial charge in [0.25, 0.3) is 0 Å². The van der Waals surface area contributed by atoms with E-state index < -0.39 is 6.03 Å². The smallest absolute Gasteiger partial charge is 0.306 e. The van der Waals surface area contributed by atoms with Gasteiger partial charge in [-0.2, -0.15) is 0 Å². The van der Waals surface area contributed by atoms with Crippen molar-refractivity contribution in [2.75, 3.05) is 10.2 Å². The molecule has 3 amide bonds. The Morgan fingerprint density at radius 2 is 1.79 bits per heavy atom. The normalized spacial score (nSPS) is 10.4. The highest BCUT2D eigenvalue weighted by Crippen LogP contribution is 2.26. The molecule has 3 aromatic rings. The van der Waals surface area contributed by atoms with Gasteiger partial charge in [-0.15, -0.1) is 0 Å². The Morgan fingerprint density at radius 1 is 1.04 bits per heavy atom. The summed E-state index contributed by atoms with van der Waals surface area (Å²) in [5.41, 5.74) is 1.94. The van der Waals surface area contributed by atoms with Crippen LogP contribution in [0, 0.1) is 0 Å². The molecular weight excluding hydrogens is 351 g/mol. The summed E-state index contributed by atoms with van der Waals surface area (Å²) in [4.78, 5) is 33.0. The van der Waals surface area contributed by atoms with Crippen LogP contribution < -0.4 is 10.2 Å². The molecule has 0 aliphatic carbocycles. The number of halogens is 2. The summed E-state index contributed by atoms with van der Waals surface area (Å²) in [6, 6.07) is 8.86. The number of amides is 3. The first-order chi connectivity index (χ1) is 11.6. The van der Waals surface area contributed by atoms with Gasteiger partial charge in [0, 0.05) is 17.4 Å². The van der Waals surface area contributed by atoms with Crippen LogP contribution in [0.25, 0.3) is 11.0 Å². The molecule has 3 rings (SSSR count). The Kier molecular flexibility index (Phi) is 4.59. The second-order valence-corrected chi connectivity index (χ2v) is 5.60. The van der Waals surface area contributed by atoms with E-state index in [4.69, 9.17) is 23.2 Å². The zero-order valence-electron chi connectivity index (χ0n) is 12.1. The number of anilines is 2. The van der Waals surface area contributed by atoms with E-state index in [0.29, 0.717) is 33.8 Å².